The van der Waals surface area contributed by atoms with Crippen molar-refractivity contribution in [2.24, 2.45) is 5.41 Å². The number of aryl methyl sites for hydroxylation is 1. The van der Waals surface area contributed by atoms with E-state index in [4.69, 9.17) is 0 Å². The normalized spacial score (nSPS) is 12.8. The third-order valence-corrected chi connectivity index (χ3v) is 5.47. The topological polar surface area (TPSA) is 80.5 Å². The number of hydrogen-bond acceptors (Lipinski definition) is 5. The van der Waals surface area contributed by atoms with E-state index in [0.29, 0.717) is 22.0 Å². The van der Waals surface area contributed by atoms with Crippen molar-refractivity contribution in [3.05, 3.63) is 23.0 Å². The Balaban J connectivity index is 2.13. The lowest BCUT2D eigenvalue weighted by atomic mass is 9.94. The Labute approximate surface area is 128 Å². The van der Waals surface area contributed by atoms with Crippen molar-refractivity contribution in [2.75, 3.05) is 5.75 Å². The molecule has 2 rings (SSSR count). The average Bonchev–Trinajstić information content (AvgIpc) is 2.89. The number of sulfonamides is 1. The summed E-state index contributed by atoms with van der Waals surface area (Å²) in [4.78, 5) is 17.3. The first-order valence-corrected chi connectivity index (χ1v) is 9.03. The number of nitrogens with one attached hydrogen (secondary N) is 1. The van der Waals surface area contributed by atoms with Crippen molar-refractivity contribution in [3.63, 3.8) is 0 Å². The van der Waals surface area contributed by atoms with Gasteiger partial charge in [-0.2, -0.15) is 0 Å². The number of aromatic nitrogens is 2. The first kappa shape index (κ1) is 16.0. The summed E-state index contributed by atoms with van der Waals surface area (Å²) in [6.45, 7) is 7.65. The number of fused-ring (bicyclic) bond motifs is 1. The second-order valence-corrected chi connectivity index (χ2v) is 8.98. The van der Waals surface area contributed by atoms with Crippen molar-refractivity contribution in [1.29, 1.82) is 0 Å². The Morgan fingerprint density at radius 1 is 1.43 bits per heavy atom. The maximum Gasteiger partial charge on any atom is 0.276 e. The zero-order valence-electron chi connectivity index (χ0n) is 12.5. The van der Waals surface area contributed by atoms with Crippen molar-refractivity contribution in [1.82, 2.24) is 14.1 Å². The van der Waals surface area contributed by atoms with Gasteiger partial charge >= 0.3 is 0 Å². The lowest BCUT2D eigenvalue weighted by Crippen LogP contribution is -2.33. The molecule has 0 saturated carbocycles. The Bertz CT molecular complexity index is 766. The molecule has 116 valence electrons. The molecule has 0 saturated heterocycles. The lowest BCUT2D eigenvalue weighted by molar-refractivity contribution is 0.0984. The van der Waals surface area contributed by atoms with E-state index in [2.05, 4.69) is 9.71 Å². The fourth-order valence-corrected chi connectivity index (χ4v) is 4.20. The van der Waals surface area contributed by atoms with Crippen molar-refractivity contribution in [3.8, 4) is 0 Å². The largest absolute Gasteiger partial charge is 0.294 e. The molecule has 8 heteroatoms. The molecule has 2 aromatic heterocycles. The standard InChI is InChI=1S/C13H19N3O3S2/c1-9-10(20-12-14-6-7-16(9)12)11(17)15-21(18,19)8-5-13(2,3)4/h6-7H,5,8H2,1-4H3,(H,15,17). The van der Waals surface area contributed by atoms with Gasteiger partial charge in [0.2, 0.25) is 10.0 Å². The molecule has 0 bridgehead atoms. The molecule has 0 radical (unpaired) electrons. The van der Waals surface area contributed by atoms with Gasteiger partial charge in [-0.1, -0.05) is 32.1 Å². The molecule has 1 N–H and O–H groups in total. The summed E-state index contributed by atoms with van der Waals surface area (Å²) in [6, 6.07) is 0. The third kappa shape index (κ3) is 3.82. The minimum atomic E-state index is -3.62. The third-order valence-electron chi connectivity index (χ3n) is 3.07. The molecule has 6 nitrogen and oxygen atoms in total. The molecule has 0 aliphatic heterocycles. The molecule has 1 amide bonds. The van der Waals surface area contributed by atoms with Crippen molar-refractivity contribution < 1.29 is 13.2 Å². The molecule has 2 heterocycles. The van der Waals surface area contributed by atoms with Gasteiger partial charge in [0.1, 0.15) is 4.88 Å². The van der Waals surface area contributed by atoms with Gasteiger partial charge in [0, 0.05) is 18.1 Å². The molecule has 0 aliphatic carbocycles. The van der Waals surface area contributed by atoms with Gasteiger partial charge in [-0.15, -0.1) is 0 Å². The Morgan fingerprint density at radius 3 is 2.67 bits per heavy atom. The number of amides is 1. The summed E-state index contributed by atoms with van der Waals surface area (Å²) in [7, 11) is -3.62. The van der Waals surface area contributed by atoms with Gasteiger partial charge in [0.05, 0.1) is 5.75 Å². The van der Waals surface area contributed by atoms with Crippen LogP contribution in [-0.2, 0) is 10.0 Å². The zero-order valence-corrected chi connectivity index (χ0v) is 14.1. The number of carbonyl (C=O) groups is 1. The van der Waals surface area contributed by atoms with E-state index in [0.717, 1.165) is 0 Å². The predicted octanol–water partition coefficient (Wildman–Crippen LogP) is 2.20. The van der Waals surface area contributed by atoms with Crippen LogP contribution in [0.4, 0.5) is 0 Å². The molecular weight excluding hydrogens is 310 g/mol. The highest BCUT2D eigenvalue weighted by molar-refractivity contribution is 7.90. The Morgan fingerprint density at radius 2 is 2.10 bits per heavy atom. The van der Waals surface area contributed by atoms with E-state index in [-0.39, 0.29) is 11.2 Å². The summed E-state index contributed by atoms with van der Waals surface area (Å²) in [5, 5.41) is 0. The van der Waals surface area contributed by atoms with Gasteiger partial charge in [-0.25, -0.2) is 18.1 Å². The molecule has 0 spiro atoms. The molecule has 0 aliphatic rings. The monoisotopic (exact) mass is 329 g/mol. The SMILES string of the molecule is Cc1c(C(=O)NS(=O)(=O)CCC(C)(C)C)sc2nccn12. The maximum atomic E-state index is 12.2. The molecule has 0 fully saturated rings. The van der Waals surface area contributed by atoms with E-state index < -0.39 is 15.9 Å². The van der Waals surface area contributed by atoms with Crippen LogP contribution in [0.15, 0.2) is 12.4 Å². The number of imidazole rings is 1. The number of rotatable bonds is 4. The smallest absolute Gasteiger partial charge is 0.276 e. The first-order valence-electron chi connectivity index (χ1n) is 6.56. The van der Waals surface area contributed by atoms with E-state index in [1.54, 1.807) is 23.7 Å². The van der Waals surface area contributed by atoms with Crippen LogP contribution in [0.2, 0.25) is 0 Å². The fraction of sp³-hybridized carbons (Fsp3) is 0.538. The van der Waals surface area contributed by atoms with Gasteiger partial charge in [-0.05, 0) is 18.8 Å². The molecule has 2 aromatic rings. The van der Waals surface area contributed by atoms with Crippen LogP contribution in [0, 0.1) is 12.3 Å². The Hall–Kier alpha value is -1.41. The molecule has 0 atom stereocenters. The van der Waals surface area contributed by atoms with Crippen LogP contribution < -0.4 is 4.72 Å². The number of nitrogens with zero attached hydrogens (tertiary/aromatic N) is 2. The van der Waals surface area contributed by atoms with Crippen LogP contribution in [-0.4, -0.2) is 29.5 Å². The fourth-order valence-electron chi connectivity index (χ4n) is 1.78. The number of hydrogen-bond donors (Lipinski definition) is 1. The highest BCUT2D eigenvalue weighted by Crippen LogP contribution is 2.22. The quantitative estimate of drug-likeness (QED) is 0.932. The summed E-state index contributed by atoms with van der Waals surface area (Å²) < 4.78 is 27.9. The number of carbonyl (C=O) groups excluding carboxylic acids is 1. The zero-order chi connectivity index (χ0) is 15.8. The molecular formula is C13H19N3O3S2. The van der Waals surface area contributed by atoms with E-state index in [1.165, 1.54) is 11.3 Å². The van der Waals surface area contributed by atoms with Crippen LogP contribution in [0.25, 0.3) is 4.96 Å². The van der Waals surface area contributed by atoms with E-state index in [9.17, 15) is 13.2 Å². The molecule has 21 heavy (non-hydrogen) atoms. The summed E-state index contributed by atoms with van der Waals surface area (Å²) >= 11 is 1.18. The minimum Gasteiger partial charge on any atom is -0.294 e. The second-order valence-electron chi connectivity index (χ2n) is 6.16. The first-order chi connectivity index (χ1) is 9.59. The van der Waals surface area contributed by atoms with E-state index >= 15 is 0 Å². The average molecular weight is 329 g/mol. The van der Waals surface area contributed by atoms with Crippen molar-refractivity contribution >= 4 is 32.2 Å². The van der Waals surface area contributed by atoms with Crippen LogP contribution in [0.5, 0.6) is 0 Å². The van der Waals surface area contributed by atoms with Gasteiger partial charge < -0.3 is 0 Å². The number of thiazole rings is 1. The van der Waals surface area contributed by atoms with Gasteiger partial charge in [-0.3, -0.25) is 9.20 Å². The Kier molecular flexibility index (Phi) is 4.12. The highest BCUT2D eigenvalue weighted by atomic mass is 32.2. The highest BCUT2D eigenvalue weighted by Gasteiger charge is 2.23. The lowest BCUT2D eigenvalue weighted by Gasteiger charge is -2.17. The van der Waals surface area contributed by atoms with Crippen LogP contribution >= 0.6 is 11.3 Å². The molecule has 0 unspecified atom stereocenters. The van der Waals surface area contributed by atoms with Crippen LogP contribution in [0.3, 0.4) is 0 Å². The van der Waals surface area contributed by atoms with Crippen LogP contribution in [0.1, 0.15) is 42.6 Å². The van der Waals surface area contributed by atoms with Gasteiger partial charge in [0.25, 0.3) is 5.91 Å². The maximum absolute atomic E-state index is 12.2. The minimum absolute atomic E-state index is 0.0657. The second kappa shape index (κ2) is 5.42. The summed E-state index contributed by atoms with van der Waals surface area (Å²) in [6.07, 6.45) is 3.87. The predicted molar refractivity (Wildman–Crippen MR) is 83.1 cm³/mol. The summed E-state index contributed by atoms with van der Waals surface area (Å²) in [5.74, 6) is -0.652. The summed E-state index contributed by atoms with van der Waals surface area (Å²) in [5.41, 5.74) is 0.591. The molecule has 0 aromatic carbocycles. The van der Waals surface area contributed by atoms with Crippen molar-refractivity contribution in [2.45, 2.75) is 34.1 Å². The van der Waals surface area contributed by atoms with Gasteiger partial charge in [0.15, 0.2) is 4.96 Å². The van der Waals surface area contributed by atoms with E-state index in [1.807, 2.05) is 20.8 Å².